The molecule has 0 saturated carbocycles. The Morgan fingerprint density at radius 1 is 1.00 bits per heavy atom. The second kappa shape index (κ2) is 8.61. The zero-order valence-corrected chi connectivity index (χ0v) is 14.7. The number of amides is 2. The van der Waals surface area contributed by atoms with Gasteiger partial charge in [-0.2, -0.15) is 0 Å². The molecule has 2 amide bonds. The van der Waals surface area contributed by atoms with Crippen LogP contribution in [0.15, 0.2) is 55.0 Å². The van der Waals surface area contributed by atoms with Crippen molar-refractivity contribution in [2.45, 2.75) is 13.1 Å². The van der Waals surface area contributed by atoms with Crippen LogP contribution in [0.25, 0.3) is 0 Å². The molecule has 138 valence electrons. The fraction of sp³-hybridized carbons (Fsp3) is 0.158. The summed E-state index contributed by atoms with van der Waals surface area (Å²) in [6.45, 7) is 0.566. The topological polar surface area (TPSA) is 109 Å². The summed E-state index contributed by atoms with van der Waals surface area (Å²) in [5, 5.41) is 5.47. The van der Waals surface area contributed by atoms with Crippen LogP contribution in [0.1, 0.15) is 32.2 Å². The molecule has 0 aliphatic carbocycles. The second-order valence-corrected chi connectivity index (χ2v) is 5.66. The van der Waals surface area contributed by atoms with Gasteiger partial charge in [0, 0.05) is 12.7 Å². The van der Waals surface area contributed by atoms with Crippen LogP contribution < -0.4 is 15.4 Å². The summed E-state index contributed by atoms with van der Waals surface area (Å²) in [5.41, 5.74) is 1.77. The minimum atomic E-state index is -0.448. The van der Waals surface area contributed by atoms with Crippen molar-refractivity contribution in [1.82, 2.24) is 25.6 Å². The second-order valence-electron chi connectivity index (χ2n) is 5.66. The summed E-state index contributed by atoms with van der Waals surface area (Å²) in [5.74, 6) is -0.117. The lowest BCUT2D eigenvalue weighted by Crippen LogP contribution is -2.29. The SMILES string of the molecule is COc1ccc(CNC(=O)c2[nH]cnc2C(=O)NCc2ccccn2)cc1. The lowest BCUT2D eigenvalue weighted by Gasteiger charge is -2.07. The highest BCUT2D eigenvalue weighted by Gasteiger charge is 2.20. The predicted molar refractivity (Wildman–Crippen MR) is 98.2 cm³/mol. The number of H-pyrrole nitrogens is 1. The summed E-state index contributed by atoms with van der Waals surface area (Å²) in [6, 6.07) is 12.8. The highest BCUT2D eigenvalue weighted by molar-refractivity contribution is 6.04. The molecule has 0 atom stereocenters. The Balaban J connectivity index is 1.59. The van der Waals surface area contributed by atoms with Crippen LogP contribution in [-0.4, -0.2) is 33.9 Å². The highest BCUT2D eigenvalue weighted by Crippen LogP contribution is 2.11. The minimum Gasteiger partial charge on any atom is -0.497 e. The van der Waals surface area contributed by atoms with E-state index in [1.54, 1.807) is 25.4 Å². The van der Waals surface area contributed by atoms with Gasteiger partial charge in [0.25, 0.3) is 11.8 Å². The summed E-state index contributed by atoms with van der Waals surface area (Å²) < 4.78 is 5.10. The third-order valence-corrected chi connectivity index (χ3v) is 3.85. The summed E-state index contributed by atoms with van der Waals surface area (Å²) in [4.78, 5) is 35.6. The fourth-order valence-corrected chi connectivity index (χ4v) is 2.41. The normalized spacial score (nSPS) is 10.3. The van der Waals surface area contributed by atoms with Gasteiger partial charge in [-0.1, -0.05) is 18.2 Å². The predicted octanol–water partition coefficient (Wildman–Crippen LogP) is 1.67. The van der Waals surface area contributed by atoms with E-state index in [0.717, 1.165) is 11.3 Å². The van der Waals surface area contributed by atoms with Gasteiger partial charge >= 0.3 is 0 Å². The average molecular weight is 365 g/mol. The highest BCUT2D eigenvalue weighted by atomic mass is 16.5. The fourth-order valence-electron chi connectivity index (χ4n) is 2.41. The Kier molecular flexibility index (Phi) is 5.78. The van der Waals surface area contributed by atoms with E-state index in [0.29, 0.717) is 12.2 Å². The molecule has 8 heteroatoms. The maximum absolute atomic E-state index is 12.4. The number of hydrogen-bond acceptors (Lipinski definition) is 5. The molecule has 0 radical (unpaired) electrons. The Morgan fingerprint density at radius 2 is 1.78 bits per heavy atom. The number of rotatable bonds is 7. The summed E-state index contributed by atoms with van der Waals surface area (Å²) in [7, 11) is 1.59. The number of nitrogens with one attached hydrogen (secondary N) is 3. The van der Waals surface area contributed by atoms with Crippen molar-refractivity contribution in [1.29, 1.82) is 0 Å². The van der Waals surface area contributed by atoms with Crippen LogP contribution in [-0.2, 0) is 13.1 Å². The van der Waals surface area contributed by atoms with Gasteiger partial charge in [-0.25, -0.2) is 4.98 Å². The molecule has 3 aromatic rings. The maximum Gasteiger partial charge on any atom is 0.272 e. The molecule has 0 fully saturated rings. The van der Waals surface area contributed by atoms with Crippen molar-refractivity contribution < 1.29 is 14.3 Å². The van der Waals surface area contributed by atoms with Crippen LogP contribution in [0.2, 0.25) is 0 Å². The monoisotopic (exact) mass is 365 g/mol. The molecule has 27 heavy (non-hydrogen) atoms. The van der Waals surface area contributed by atoms with Gasteiger partial charge in [-0.3, -0.25) is 14.6 Å². The van der Waals surface area contributed by atoms with Crippen molar-refractivity contribution >= 4 is 11.8 Å². The molecular formula is C19H19N5O3. The number of aromatic nitrogens is 3. The number of hydrogen-bond donors (Lipinski definition) is 3. The number of methoxy groups -OCH3 is 1. The summed E-state index contributed by atoms with van der Waals surface area (Å²) >= 11 is 0. The van der Waals surface area contributed by atoms with E-state index >= 15 is 0 Å². The number of aromatic amines is 1. The summed E-state index contributed by atoms with van der Waals surface area (Å²) in [6.07, 6.45) is 2.96. The molecule has 3 rings (SSSR count). The Labute approximate surface area is 156 Å². The first-order chi connectivity index (χ1) is 13.2. The zero-order valence-electron chi connectivity index (χ0n) is 14.7. The quantitative estimate of drug-likeness (QED) is 0.590. The first-order valence-electron chi connectivity index (χ1n) is 8.30. The van der Waals surface area contributed by atoms with E-state index in [1.807, 2.05) is 30.3 Å². The van der Waals surface area contributed by atoms with Crippen LogP contribution in [0.5, 0.6) is 5.75 Å². The molecule has 2 aromatic heterocycles. The van der Waals surface area contributed by atoms with Gasteiger partial charge in [0.2, 0.25) is 0 Å². The molecule has 1 aromatic carbocycles. The number of imidazole rings is 1. The molecular weight excluding hydrogens is 346 g/mol. The maximum atomic E-state index is 12.4. The first kappa shape index (κ1) is 18.1. The molecule has 8 nitrogen and oxygen atoms in total. The first-order valence-corrected chi connectivity index (χ1v) is 8.30. The third-order valence-electron chi connectivity index (χ3n) is 3.85. The lowest BCUT2D eigenvalue weighted by atomic mass is 10.2. The van der Waals surface area contributed by atoms with Gasteiger partial charge in [0.1, 0.15) is 11.4 Å². The Bertz CT molecular complexity index is 907. The van der Waals surface area contributed by atoms with Gasteiger partial charge in [-0.15, -0.1) is 0 Å². The molecule has 3 N–H and O–H groups in total. The number of nitrogens with zero attached hydrogens (tertiary/aromatic N) is 2. The van der Waals surface area contributed by atoms with Crippen molar-refractivity contribution in [3.8, 4) is 5.75 Å². The smallest absolute Gasteiger partial charge is 0.272 e. The van der Waals surface area contributed by atoms with Crippen molar-refractivity contribution in [2.75, 3.05) is 7.11 Å². The van der Waals surface area contributed by atoms with E-state index in [-0.39, 0.29) is 17.9 Å². The molecule has 0 aliphatic heterocycles. The van der Waals surface area contributed by atoms with Crippen LogP contribution in [0.4, 0.5) is 0 Å². The Hall–Kier alpha value is -3.68. The Morgan fingerprint density at radius 3 is 2.48 bits per heavy atom. The van der Waals surface area contributed by atoms with Crippen LogP contribution >= 0.6 is 0 Å². The van der Waals surface area contributed by atoms with Crippen LogP contribution in [0, 0.1) is 0 Å². The van der Waals surface area contributed by atoms with Crippen molar-refractivity contribution in [3.63, 3.8) is 0 Å². The molecule has 0 aliphatic rings. The number of benzene rings is 1. The van der Waals surface area contributed by atoms with E-state index < -0.39 is 11.8 Å². The third kappa shape index (κ3) is 4.69. The van der Waals surface area contributed by atoms with Gasteiger partial charge in [0.05, 0.1) is 25.7 Å². The lowest BCUT2D eigenvalue weighted by molar-refractivity contribution is 0.0911. The largest absolute Gasteiger partial charge is 0.497 e. The average Bonchev–Trinajstić information content (AvgIpc) is 3.21. The number of ether oxygens (including phenoxy) is 1. The van der Waals surface area contributed by atoms with E-state index in [2.05, 4.69) is 25.6 Å². The van der Waals surface area contributed by atoms with Crippen LogP contribution in [0.3, 0.4) is 0 Å². The molecule has 0 spiro atoms. The van der Waals surface area contributed by atoms with E-state index in [9.17, 15) is 9.59 Å². The minimum absolute atomic E-state index is 0.0400. The molecule has 0 bridgehead atoms. The van der Waals surface area contributed by atoms with Gasteiger partial charge in [-0.05, 0) is 29.8 Å². The van der Waals surface area contributed by atoms with Gasteiger partial charge in [0.15, 0.2) is 5.69 Å². The van der Waals surface area contributed by atoms with Crippen molar-refractivity contribution in [3.05, 3.63) is 77.6 Å². The number of carbonyl (C=O) groups is 2. The van der Waals surface area contributed by atoms with Crippen molar-refractivity contribution in [2.24, 2.45) is 0 Å². The number of pyridine rings is 1. The molecule has 0 unspecified atom stereocenters. The standard InChI is InChI=1S/C19H19N5O3/c1-27-15-7-5-13(6-8-15)10-21-18(25)16-17(24-12-23-16)19(26)22-11-14-4-2-3-9-20-14/h2-9,12H,10-11H2,1H3,(H,21,25)(H,22,26)(H,23,24). The number of carbonyl (C=O) groups excluding carboxylic acids is 2. The molecule has 2 heterocycles. The zero-order chi connectivity index (χ0) is 19.1. The van der Waals surface area contributed by atoms with E-state index in [1.165, 1.54) is 6.33 Å². The molecule has 0 saturated heterocycles. The van der Waals surface area contributed by atoms with E-state index in [4.69, 9.17) is 4.74 Å². The van der Waals surface area contributed by atoms with Gasteiger partial charge < -0.3 is 20.4 Å².